The minimum Gasteiger partial charge on any atom is -0.353 e. The van der Waals surface area contributed by atoms with Crippen LogP contribution < -0.4 is 10.6 Å². The second-order valence-corrected chi connectivity index (χ2v) is 4.48. The predicted octanol–water partition coefficient (Wildman–Crippen LogP) is 1.15. The molecule has 2 aromatic rings. The topological polar surface area (TPSA) is 70.8 Å². The Labute approximate surface area is 97.6 Å². The maximum atomic E-state index is 5.88. The molecule has 3 N–H and O–H groups in total. The van der Waals surface area contributed by atoms with Crippen molar-refractivity contribution in [3.63, 3.8) is 0 Å². The molecular weight excluding hydrogens is 226 g/mol. The van der Waals surface area contributed by atoms with Gasteiger partial charge in [-0.2, -0.15) is 5.10 Å². The molecule has 0 aromatic carbocycles. The van der Waals surface area contributed by atoms with E-state index in [4.69, 9.17) is 17.3 Å². The van der Waals surface area contributed by atoms with E-state index in [1.54, 1.807) is 12.3 Å². The van der Waals surface area contributed by atoms with Gasteiger partial charge in [-0.1, -0.05) is 11.6 Å². The molecule has 2 aromatic heterocycles. The second-order valence-electron chi connectivity index (χ2n) is 4.09. The number of pyridine rings is 1. The van der Waals surface area contributed by atoms with E-state index in [1.165, 1.54) is 0 Å². The highest BCUT2D eigenvalue weighted by atomic mass is 35.5. The van der Waals surface area contributed by atoms with Crippen LogP contribution in [0, 0.1) is 0 Å². The van der Waals surface area contributed by atoms with Gasteiger partial charge in [0.05, 0.1) is 10.9 Å². The van der Waals surface area contributed by atoms with Crippen molar-refractivity contribution in [3.8, 4) is 0 Å². The molecule has 5 nitrogen and oxygen atoms in total. The number of hydrogen-bond acceptors (Lipinski definition) is 4. The van der Waals surface area contributed by atoms with E-state index in [0.29, 0.717) is 5.15 Å². The SMILES string of the molecule is N[C@@H]1CCN(c2n[nH]c3cc(Cl)ncc23)C1. The molecule has 0 spiro atoms. The molecule has 0 saturated carbocycles. The number of halogens is 1. The Hall–Kier alpha value is -1.33. The lowest BCUT2D eigenvalue weighted by molar-refractivity contribution is 0.751. The molecular formula is C10H12ClN5. The largest absolute Gasteiger partial charge is 0.353 e. The first-order valence-corrected chi connectivity index (χ1v) is 5.62. The Morgan fingerprint density at radius 1 is 1.56 bits per heavy atom. The zero-order chi connectivity index (χ0) is 11.1. The smallest absolute Gasteiger partial charge is 0.159 e. The van der Waals surface area contributed by atoms with Crippen LogP contribution in [-0.2, 0) is 0 Å². The molecule has 1 atom stereocenters. The van der Waals surface area contributed by atoms with Crippen molar-refractivity contribution in [2.45, 2.75) is 12.5 Å². The van der Waals surface area contributed by atoms with Gasteiger partial charge in [0.1, 0.15) is 5.15 Å². The fourth-order valence-corrected chi connectivity index (χ4v) is 2.25. The summed E-state index contributed by atoms with van der Waals surface area (Å²) in [7, 11) is 0. The van der Waals surface area contributed by atoms with E-state index in [9.17, 15) is 0 Å². The second kappa shape index (κ2) is 3.61. The third-order valence-electron chi connectivity index (χ3n) is 2.92. The van der Waals surface area contributed by atoms with E-state index < -0.39 is 0 Å². The van der Waals surface area contributed by atoms with Crippen LogP contribution in [0.5, 0.6) is 0 Å². The summed E-state index contributed by atoms with van der Waals surface area (Å²) in [5.41, 5.74) is 6.80. The summed E-state index contributed by atoms with van der Waals surface area (Å²) in [6.45, 7) is 1.80. The number of aromatic amines is 1. The van der Waals surface area contributed by atoms with Crippen molar-refractivity contribution in [1.82, 2.24) is 15.2 Å². The molecule has 1 saturated heterocycles. The lowest BCUT2D eigenvalue weighted by atomic mass is 10.3. The number of aromatic nitrogens is 3. The first-order chi connectivity index (χ1) is 7.74. The number of rotatable bonds is 1. The summed E-state index contributed by atoms with van der Waals surface area (Å²) in [5, 5.41) is 8.73. The van der Waals surface area contributed by atoms with Gasteiger partial charge in [0, 0.05) is 31.4 Å². The number of nitrogens with zero attached hydrogens (tertiary/aromatic N) is 3. The van der Waals surface area contributed by atoms with Gasteiger partial charge in [-0.25, -0.2) is 4.98 Å². The number of anilines is 1. The van der Waals surface area contributed by atoms with Gasteiger partial charge >= 0.3 is 0 Å². The van der Waals surface area contributed by atoms with Gasteiger partial charge in [0.15, 0.2) is 5.82 Å². The maximum Gasteiger partial charge on any atom is 0.159 e. The summed E-state index contributed by atoms with van der Waals surface area (Å²) in [6.07, 6.45) is 2.76. The van der Waals surface area contributed by atoms with Crippen molar-refractivity contribution in [3.05, 3.63) is 17.4 Å². The van der Waals surface area contributed by atoms with Gasteiger partial charge in [0.2, 0.25) is 0 Å². The Bertz CT molecular complexity index is 523. The van der Waals surface area contributed by atoms with Crippen LogP contribution in [-0.4, -0.2) is 34.3 Å². The number of H-pyrrole nitrogens is 1. The number of nitrogens with two attached hydrogens (primary N) is 1. The molecule has 3 rings (SSSR count). The maximum absolute atomic E-state index is 5.88. The molecule has 6 heteroatoms. The molecule has 16 heavy (non-hydrogen) atoms. The average molecular weight is 238 g/mol. The van der Waals surface area contributed by atoms with Crippen molar-refractivity contribution < 1.29 is 0 Å². The molecule has 1 fully saturated rings. The molecule has 0 radical (unpaired) electrons. The normalized spacial score (nSPS) is 20.9. The fraction of sp³-hybridized carbons (Fsp3) is 0.400. The van der Waals surface area contributed by atoms with Crippen molar-refractivity contribution in [2.24, 2.45) is 5.73 Å². The highest BCUT2D eigenvalue weighted by molar-refractivity contribution is 6.30. The standard InChI is InChI=1S/C10H12ClN5/c11-9-3-8-7(4-13-9)10(15-14-8)16-2-1-6(12)5-16/h3-4,6H,1-2,5,12H2,(H,14,15)/t6-/m1/s1. The first-order valence-electron chi connectivity index (χ1n) is 5.24. The molecule has 84 valence electrons. The molecule has 3 heterocycles. The van der Waals surface area contributed by atoms with Crippen molar-refractivity contribution >= 4 is 28.3 Å². The lowest BCUT2D eigenvalue weighted by Gasteiger charge is -2.14. The minimum absolute atomic E-state index is 0.243. The highest BCUT2D eigenvalue weighted by Gasteiger charge is 2.22. The number of fused-ring (bicyclic) bond motifs is 1. The quantitative estimate of drug-likeness (QED) is 0.730. The fourth-order valence-electron chi connectivity index (χ4n) is 2.09. The monoisotopic (exact) mass is 237 g/mol. The number of nitrogens with one attached hydrogen (secondary N) is 1. The van der Waals surface area contributed by atoms with E-state index in [1.807, 2.05) is 0 Å². The summed E-state index contributed by atoms with van der Waals surface area (Å²) in [4.78, 5) is 6.26. The van der Waals surface area contributed by atoms with Crippen molar-refractivity contribution in [1.29, 1.82) is 0 Å². The van der Waals surface area contributed by atoms with Gasteiger partial charge in [0.25, 0.3) is 0 Å². The van der Waals surface area contributed by atoms with Crippen LogP contribution in [0.4, 0.5) is 5.82 Å². The molecule has 1 aliphatic rings. The zero-order valence-corrected chi connectivity index (χ0v) is 9.41. The van der Waals surface area contributed by atoms with Gasteiger partial charge < -0.3 is 10.6 Å². The van der Waals surface area contributed by atoms with Gasteiger partial charge in [-0.15, -0.1) is 0 Å². The van der Waals surface area contributed by atoms with E-state index >= 15 is 0 Å². The van der Waals surface area contributed by atoms with Crippen LogP contribution in [0.15, 0.2) is 12.3 Å². The molecule has 1 aliphatic heterocycles. The number of hydrogen-bond donors (Lipinski definition) is 2. The Morgan fingerprint density at radius 3 is 3.19 bits per heavy atom. The summed E-state index contributed by atoms with van der Waals surface area (Å²) < 4.78 is 0. The highest BCUT2D eigenvalue weighted by Crippen LogP contribution is 2.27. The summed E-state index contributed by atoms with van der Waals surface area (Å²) in [5.74, 6) is 0.923. The average Bonchev–Trinajstić information content (AvgIpc) is 2.83. The first kappa shape index (κ1) is 9.86. The molecule has 0 aliphatic carbocycles. The Balaban J connectivity index is 2.04. The molecule has 0 amide bonds. The van der Waals surface area contributed by atoms with Crippen LogP contribution in [0.3, 0.4) is 0 Å². The Kier molecular flexibility index (Phi) is 2.22. The summed E-state index contributed by atoms with van der Waals surface area (Å²) in [6, 6.07) is 2.02. The van der Waals surface area contributed by atoms with E-state index in [2.05, 4.69) is 20.1 Å². The third-order valence-corrected chi connectivity index (χ3v) is 3.12. The predicted molar refractivity (Wildman–Crippen MR) is 63.7 cm³/mol. The van der Waals surface area contributed by atoms with Crippen LogP contribution in [0.2, 0.25) is 5.15 Å². The molecule has 0 bridgehead atoms. The van der Waals surface area contributed by atoms with Crippen LogP contribution >= 0.6 is 11.6 Å². The van der Waals surface area contributed by atoms with Gasteiger partial charge in [-0.05, 0) is 6.42 Å². The minimum atomic E-state index is 0.243. The van der Waals surface area contributed by atoms with Crippen molar-refractivity contribution in [2.75, 3.05) is 18.0 Å². The Morgan fingerprint density at radius 2 is 2.44 bits per heavy atom. The van der Waals surface area contributed by atoms with Crippen LogP contribution in [0.25, 0.3) is 10.9 Å². The zero-order valence-electron chi connectivity index (χ0n) is 8.65. The van der Waals surface area contributed by atoms with E-state index in [-0.39, 0.29) is 6.04 Å². The summed E-state index contributed by atoms with van der Waals surface area (Å²) >= 11 is 5.82. The molecule has 0 unspecified atom stereocenters. The third kappa shape index (κ3) is 1.52. The van der Waals surface area contributed by atoms with Crippen LogP contribution in [0.1, 0.15) is 6.42 Å². The van der Waals surface area contributed by atoms with Gasteiger partial charge in [-0.3, -0.25) is 5.10 Å². The van der Waals surface area contributed by atoms with E-state index in [0.717, 1.165) is 36.2 Å². The lowest BCUT2D eigenvalue weighted by Crippen LogP contribution is -2.26.